The molecule has 0 spiro atoms. The molecule has 1 atom stereocenters. The quantitative estimate of drug-likeness (QED) is 0.733. The third-order valence-corrected chi connectivity index (χ3v) is 3.97. The van der Waals surface area contributed by atoms with E-state index in [0.717, 1.165) is 18.4 Å². The third kappa shape index (κ3) is 4.40. The van der Waals surface area contributed by atoms with Crippen molar-refractivity contribution >= 4 is 17.7 Å². The van der Waals surface area contributed by atoms with Gasteiger partial charge in [-0.25, -0.2) is 4.79 Å². The first-order valence-corrected chi connectivity index (χ1v) is 6.77. The lowest BCUT2D eigenvalue weighted by atomic mass is 10.1. The van der Waals surface area contributed by atoms with Crippen LogP contribution < -0.4 is 5.73 Å². The highest BCUT2D eigenvalue weighted by Gasteiger charge is 2.33. The van der Waals surface area contributed by atoms with Crippen LogP contribution in [0.4, 0.5) is 0 Å². The summed E-state index contributed by atoms with van der Waals surface area (Å²) in [5.74, 6) is -0.292. The SMILES string of the molecule is CCCCC(N)(SCc1ccccc1)C(=O)O. The predicted molar refractivity (Wildman–Crippen MR) is 71.8 cm³/mol. The molecule has 4 heteroatoms. The van der Waals surface area contributed by atoms with Gasteiger partial charge in [-0.15, -0.1) is 11.8 Å². The Kier molecular flexibility index (Phi) is 5.51. The number of nitrogens with two attached hydrogens (primary N) is 1. The van der Waals surface area contributed by atoms with Crippen molar-refractivity contribution < 1.29 is 9.90 Å². The van der Waals surface area contributed by atoms with Crippen LogP contribution in [-0.2, 0) is 10.5 Å². The molecule has 0 saturated heterocycles. The zero-order chi connectivity index (χ0) is 12.7. The maximum atomic E-state index is 11.2. The van der Waals surface area contributed by atoms with E-state index in [1.165, 1.54) is 11.8 Å². The standard InChI is InChI=1S/C13H19NO2S/c1-2-3-9-13(14,12(15)16)17-10-11-7-5-4-6-8-11/h4-8H,2-3,9-10,14H2,1H3,(H,15,16). The van der Waals surface area contributed by atoms with Crippen molar-refractivity contribution in [3.8, 4) is 0 Å². The minimum atomic E-state index is -1.16. The zero-order valence-electron chi connectivity index (χ0n) is 10.1. The Morgan fingerprint density at radius 2 is 2.06 bits per heavy atom. The summed E-state index contributed by atoms with van der Waals surface area (Å²) in [6, 6.07) is 9.80. The predicted octanol–water partition coefficient (Wildman–Crippen LogP) is 2.85. The molecule has 1 rings (SSSR count). The van der Waals surface area contributed by atoms with Crippen LogP contribution in [0.5, 0.6) is 0 Å². The van der Waals surface area contributed by atoms with E-state index in [-0.39, 0.29) is 0 Å². The second-order valence-corrected chi connectivity index (χ2v) is 5.38. The van der Waals surface area contributed by atoms with Crippen LogP contribution in [0.15, 0.2) is 30.3 Å². The number of unbranched alkanes of at least 4 members (excludes halogenated alkanes) is 1. The van der Waals surface area contributed by atoms with Crippen molar-refractivity contribution in [1.29, 1.82) is 0 Å². The summed E-state index contributed by atoms with van der Waals surface area (Å²) >= 11 is 1.30. The van der Waals surface area contributed by atoms with E-state index in [0.29, 0.717) is 12.2 Å². The molecule has 0 aliphatic heterocycles. The first kappa shape index (κ1) is 14.1. The summed E-state index contributed by atoms with van der Waals surface area (Å²) in [5, 5.41) is 9.19. The minimum absolute atomic E-state index is 0.510. The summed E-state index contributed by atoms with van der Waals surface area (Å²) in [6.45, 7) is 2.03. The maximum absolute atomic E-state index is 11.2. The maximum Gasteiger partial charge on any atom is 0.334 e. The van der Waals surface area contributed by atoms with Gasteiger partial charge in [-0.1, -0.05) is 50.1 Å². The molecule has 94 valence electrons. The van der Waals surface area contributed by atoms with E-state index >= 15 is 0 Å². The number of carboxylic acid groups (broad SMARTS) is 1. The molecule has 17 heavy (non-hydrogen) atoms. The molecule has 1 aromatic rings. The monoisotopic (exact) mass is 253 g/mol. The smallest absolute Gasteiger partial charge is 0.334 e. The van der Waals surface area contributed by atoms with E-state index in [4.69, 9.17) is 5.73 Å². The highest BCUT2D eigenvalue weighted by Crippen LogP contribution is 2.29. The summed E-state index contributed by atoms with van der Waals surface area (Å²) in [7, 11) is 0. The van der Waals surface area contributed by atoms with Crippen LogP contribution in [0.2, 0.25) is 0 Å². The van der Waals surface area contributed by atoms with Crippen molar-refractivity contribution in [2.75, 3.05) is 0 Å². The molecule has 0 aliphatic carbocycles. The van der Waals surface area contributed by atoms with Gasteiger partial charge in [0, 0.05) is 5.75 Å². The average molecular weight is 253 g/mol. The summed E-state index contributed by atoms with van der Waals surface area (Å²) in [4.78, 5) is 10.0. The lowest BCUT2D eigenvalue weighted by Gasteiger charge is -2.23. The summed E-state index contributed by atoms with van der Waals surface area (Å²) in [5.41, 5.74) is 7.04. The van der Waals surface area contributed by atoms with E-state index < -0.39 is 10.8 Å². The lowest BCUT2D eigenvalue weighted by Crippen LogP contribution is -2.44. The van der Waals surface area contributed by atoms with Crippen LogP contribution in [0.1, 0.15) is 31.7 Å². The Morgan fingerprint density at radius 1 is 1.41 bits per heavy atom. The molecule has 0 aliphatic rings. The molecule has 0 heterocycles. The van der Waals surface area contributed by atoms with E-state index in [9.17, 15) is 9.90 Å². The molecule has 3 N–H and O–H groups in total. The van der Waals surface area contributed by atoms with Crippen LogP contribution in [0, 0.1) is 0 Å². The molecule has 0 aromatic heterocycles. The number of thioether (sulfide) groups is 1. The van der Waals surface area contributed by atoms with Gasteiger partial charge >= 0.3 is 5.97 Å². The summed E-state index contributed by atoms with van der Waals surface area (Å²) in [6.07, 6.45) is 2.30. The Morgan fingerprint density at radius 3 is 2.59 bits per heavy atom. The fraction of sp³-hybridized carbons (Fsp3) is 0.462. The van der Waals surface area contributed by atoms with Crippen molar-refractivity contribution in [2.45, 2.75) is 36.8 Å². The van der Waals surface area contributed by atoms with E-state index in [2.05, 4.69) is 0 Å². The number of benzene rings is 1. The molecule has 0 radical (unpaired) electrons. The fourth-order valence-corrected chi connectivity index (χ4v) is 2.50. The second kappa shape index (κ2) is 6.67. The Balaban J connectivity index is 2.58. The van der Waals surface area contributed by atoms with Crippen molar-refractivity contribution in [1.82, 2.24) is 0 Å². The number of aliphatic carboxylic acids is 1. The first-order valence-electron chi connectivity index (χ1n) is 5.78. The topological polar surface area (TPSA) is 63.3 Å². The van der Waals surface area contributed by atoms with E-state index in [1.54, 1.807) is 0 Å². The van der Waals surface area contributed by atoms with Gasteiger partial charge in [-0.05, 0) is 12.0 Å². The molecule has 0 saturated carbocycles. The zero-order valence-corrected chi connectivity index (χ0v) is 10.9. The van der Waals surface area contributed by atoms with Gasteiger partial charge in [-0.3, -0.25) is 0 Å². The van der Waals surface area contributed by atoms with Crippen LogP contribution in [-0.4, -0.2) is 15.9 Å². The number of rotatable bonds is 7. The minimum Gasteiger partial charge on any atom is -0.479 e. The van der Waals surface area contributed by atoms with Gasteiger partial charge in [-0.2, -0.15) is 0 Å². The van der Waals surface area contributed by atoms with Crippen LogP contribution in [0.3, 0.4) is 0 Å². The Labute approximate surface area is 106 Å². The number of hydrogen-bond acceptors (Lipinski definition) is 3. The van der Waals surface area contributed by atoms with Crippen molar-refractivity contribution in [3.05, 3.63) is 35.9 Å². The molecular weight excluding hydrogens is 234 g/mol. The van der Waals surface area contributed by atoms with Crippen LogP contribution >= 0.6 is 11.8 Å². The normalized spacial score (nSPS) is 14.2. The third-order valence-electron chi connectivity index (χ3n) is 2.60. The fourth-order valence-electron chi connectivity index (χ4n) is 1.47. The highest BCUT2D eigenvalue weighted by molar-refractivity contribution is 8.00. The van der Waals surface area contributed by atoms with Crippen molar-refractivity contribution in [2.24, 2.45) is 5.73 Å². The van der Waals surface area contributed by atoms with Crippen LogP contribution in [0.25, 0.3) is 0 Å². The van der Waals surface area contributed by atoms with Gasteiger partial charge in [0.2, 0.25) is 0 Å². The number of carbonyl (C=O) groups is 1. The van der Waals surface area contributed by atoms with Gasteiger partial charge < -0.3 is 10.8 Å². The first-order chi connectivity index (χ1) is 8.08. The Bertz CT molecular complexity index is 356. The van der Waals surface area contributed by atoms with Gasteiger partial charge in [0.1, 0.15) is 0 Å². The molecule has 1 unspecified atom stereocenters. The number of hydrogen-bond donors (Lipinski definition) is 2. The summed E-state index contributed by atoms with van der Waals surface area (Å²) < 4.78 is 0. The lowest BCUT2D eigenvalue weighted by molar-refractivity contribution is -0.140. The molecule has 0 bridgehead atoms. The molecule has 0 amide bonds. The molecular formula is C13H19NO2S. The Hall–Kier alpha value is -1.00. The molecule has 0 fully saturated rings. The average Bonchev–Trinajstić information content (AvgIpc) is 2.35. The van der Waals surface area contributed by atoms with Gasteiger partial charge in [0.05, 0.1) is 0 Å². The molecule has 3 nitrogen and oxygen atoms in total. The van der Waals surface area contributed by atoms with Gasteiger partial charge in [0.25, 0.3) is 0 Å². The number of carboxylic acids is 1. The van der Waals surface area contributed by atoms with E-state index in [1.807, 2.05) is 37.3 Å². The largest absolute Gasteiger partial charge is 0.479 e. The van der Waals surface area contributed by atoms with Crippen molar-refractivity contribution in [3.63, 3.8) is 0 Å². The molecule has 1 aromatic carbocycles. The second-order valence-electron chi connectivity index (χ2n) is 4.07. The van der Waals surface area contributed by atoms with Gasteiger partial charge in [0.15, 0.2) is 4.87 Å². The highest BCUT2D eigenvalue weighted by atomic mass is 32.2.